The van der Waals surface area contributed by atoms with Crippen molar-refractivity contribution in [1.29, 1.82) is 0 Å². The summed E-state index contributed by atoms with van der Waals surface area (Å²) >= 11 is 0. The van der Waals surface area contributed by atoms with Crippen molar-refractivity contribution < 1.29 is 0 Å². The second kappa shape index (κ2) is 7.64. The van der Waals surface area contributed by atoms with Gasteiger partial charge in [-0.05, 0) is 58.0 Å². The lowest BCUT2D eigenvalue weighted by molar-refractivity contribution is 0.0105. The molecule has 2 aliphatic rings. The molecule has 0 bridgehead atoms. The fourth-order valence-electron chi connectivity index (χ4n) is 4.67. The van der Waals surface area contributed by atoms with Gasteiger partial charge in [-0.15, -0.1) is 0 Å². The molecule has 0 amide bonds. The number of likely N-dealkylation sites (tertiary alicyclic amines) is 1. The Labute approximate surface area is 120 Å². The molecule has 2 nitrogen and oxygen atoms in total. The van der Waals surface area contributed by atoms with Crippen LogP contribution in [-0.4, -0.2) is 36.6 Å². The summed E-state index contributed by atoms with van der Waals surface area (Å²) in [6.45, 7) is 6.05. The predicted octanol–water partition coefficient (Wildman–Crippen LogP) is 3.81. The molecule has 1 N–H and O–H groups in total. The molecule has 2 unspecified atom stereocenters. The number of nitrogens with one attached hydrogen (secondary N) is 1. The van der Waals surface area contributed by atoms with Crippen LogP contribution in [0, 0.1) is 5.92 Å². The van der Waals surface area contributed by atoms with E-state index in [0.29, 0.717) is 6.04 Å². The van der Waals surface area contributed by atoms with Crippen LogP contribution in [0.4, 0.5) is 0 Å². The first kappa shape index (κ1) is 15.3. The minimum Gasteiger partial charge on any atom is -0.315 e. The van der Waals surface area contributed by atoms with Crippen molar-refractivity contribution in [3.05, 3.63) is 0 Å². The molecule has 0 radical (unpaired) electrons. The van der Waals surface area contributed by atoms with E-state index in [1.807, 2.05) is 0 Å². The maximum atomic E-state index is 3.61. The number of likely N-dealkylation sites (N-methyl/N-ethyl adjacent to an activating group) is 1. The van der Waals surface area contributed by atoms with Gasteiger partial charge in [-0.1, -0.05) is 33.1 Å². The van der Waals surface area contributed by atoms with Gasteiger partial charge < -0.3 is 5.32 Å². The van der Waals surface area contributed by atoms with Crippen molar-refractivity contribution in [2.24, 2.45) is 5.92 Å². The van der Waals surface area contributed by atoms with Crippen molar-refractivity contribution in [1.82, 2.24) is 10.2 Å². The average Bonchev–Trinajstić information content (AvgIpc) is 2.47. The second-order valence-electron chi connectivity index (χ2n) is 6.65. The van der Waals surface area contributed by atoms with Crippen molar-refractivity contribution >= 4 is 0 Å². The van der Waals surface area contributed by atoms with E-state index in [4.69, 9.17) is 0 Å². The lowest BCUT2D eigenvalue weighted by atomic mass is 9.77. The molecule has 0 spiro atoms. The summed E-state index contributed by atoms with van der Waals surface area (Å²) in [6.07, 6.45) is 12.7. The highest BCUT2D eigenvalue weighted by molar-refractivity contribution is 4.93. The molecule has 4 atom stereocenters. The fraction of sp³-hybridized carbons (Fsp3) is 1.00. The van der Waals surface area contributed by atoms with Crippen molar-refractivity contribution in [3.8, 4) is 0 Å². The number of nitrogens with zero attached hydrogens (tertiary/aromatic N) is 1. The summed E-state index contributed by atoms with van der Waals surface area (Å²) < 4.78 is 0. The molecular formula is C17H34N2. The second-order valence-corrected chi connectivity index (χ2v) is 6.65. The molecule has 1 aliphatic carbocycles. The van der Waals surface area contributed by atoms with Crippen LogP contribution in [0.1, 0.15) is 71.6 Å². The molecule has 112 valence electrons. The van der Waals surface area contributed by atoms with E-state index in [1.165, 1.54) is 64.3 Å². The van der Waals surface area contributed by atoms with Crippen LogP contribution >= 0.6 is 0 Å². The van der Waals surface area contributed by atoms with Crippen LogP contribution in [0.3, 0.4) is 0 Å². The zero-order chi connectivity index (χ0) is 13.7. The molecule has 1 saturated heterocycles. The van der Waals surface area contributed by atoms with Crippen LogP contribution in [0.2, 0.25) is 0 Å². The highest BCUT2D eigenvalue weighted by Crippen LogP contribution is 2.37. The first-order valence-electron chi connectivity index (χ1n) is 8.74. The first-order chi connectivity index (χ1) is 9.31. The molecule has 1 saturated carbocycles. The number of hydrogen-bond acceptors (Lipinski definition) is 2. The van der Waals surface area contributed by atoms with Gasteiger partial charge in [-0.2, -0.15) is 0 Å². The number of fused-ring (bicyclic) bond motifs is 1. The topological polar surface area (TPSA) is 15.3 Å². The Hall–Kier alpha value is -0.0800. The predicted molar refractivity (Wildman–Crippen MR) is 83.5 cm³/mol. The number of hydrogen-bond donors (Lipinski definition) is 1. The van der Waals surface area contributed by atoms with E-state index in [2.05, 4.69) is 31.1 Å². The fourth-order valence-corrected chi connectivity index (χ4v) is 4.67. The maximum Gasteiger partial charge on any atom is 0.0249 e. The van der Waals surface area contributed by atoms with Crippen molar-refractivity contribution in [2.75, 3.05) is 13.6 Å². The number of rotatable bonds is 6. The van der Waals surface area contributed by atoms with Crippen LogP contribution in [0.15, 0.2) is 0 Å². The van der Waals surface area contributed by atoms with E-state index < -0.39 is 0 Å². The highest BCUT2D eigenvalue weighted by atomic mass is 15.2. The summed E-state index contributed by atoms with van der Waals surface area (Å²) in [5.74, 6) is 1.01. The van der Waals surface area contributed by atoms with Gasteiger partial charge in [0.05, 0.1) is 0 Å². The molecule has 1 heterocycles. The molecule has 2 heteroatoms. The molecule has 1 aliphatic heterocycles. The normalized spacial score (nSPS) is 31.7. The van der Waals surface area contributed by atoms with Gasteiger partial charge >= 0.3 is 0 Å². The van der Waals surface area contributed by atoms with Gasteiger partial charge in [-0.3, -0.25) is 4.90 Å². The van der Waals surface area contributed by atoms with E-state index in [9.17, 15) is 0 Å². The summed E-state index contributed by atoms with van der Waals surface area (Å²) in [5, 5.41) is 3.61. The van der Waals surface area contributed by atoms with Gasteiger partial charge in [0.15, 0.2) is 0 Å². The van der Waals surface area contributed by atoms with Crippen LogP contribution in [0.5, 0.6) is 0 Å². The zero-order valence-electron chi connectivity index (χ0n) is 13.3. The van der Waals surface area contributed by atoms with E-state index in [0.717, 1.165) is 18.0 Å². The van der Waals surface area contributed by atoms with Crippen molar-refractivity contribution in [2.45, 2.75) is 89.8 Å². The lowest BCUT2D eigenvalue weighted by Gasteiger charge is -2.49. The van der Waals surface area contributed by atoms with Crippen LogP contribution in [-0.2, 0) is 0 Å². The van der Waals surface area contributed by atoms with Gasteiger partial charge in [0.1, 0.15) is 0 Å². The third-order valence-corrected chi connectivity index (χ3v) is 5.57. The lowest BCUT2D eigenvalue weighted by Crippen LogP contribution is -2.57. The average molecular weight is 266 g/mol. The Morgan fingerprint density at radius 2 is 1.84 bits per heavy atom. The van der Waals surface area contributed by atoms with Crippen LogP contribution in [0.25, 0.3) is 0 Å². The summed E-state index contributed by atoms with van der Waals surface area (Å²) in [6, 6.07) is 2.35. The van der Waals surface area contributed by atoms with Crippen molar-refractivity contribution in [3.63, 3.8) is 0 Å². The van der Waals surface area contributed by atoms with E-state index in [1.54, 1.807) is 0 Å². The van der Waals surface area contributed by atoms with E-state index >= 15 is 0 Å². The summed E-state index contributed by atoms with van der Waals surface area (Å²) in [5.41, 5.74) is 0. The molecule has 19 heavy (non-hydrogen) atoms. The largest absolute Gasteiger partial charge is 0.315 e. The van der Waals surface area contributed by atoms with Gasteiger partial charge in [0.25, 0.3) is 0 Å². The molecule has 0 aromatic rings. The molecule has 2 fully saturated rings. The highest BCUT2D eigenvalue weighted by Gasteiger charge is 2.37. The summed E-state index contributed by atoms with van der Waals surface area (Å²) in [7, 11) is 2.16. The third kappa shape index (κ3) is 3.52. The Morgan fingerprint density at radius 3 is 2.53 bits per heavy atom. The third-order valence-electron chi connectivity index (χ3n) is 5.57. The minimum absolute atomic E-state index is 0.690. The molecule has 2 rings (SSSR count). The minimum atomic E-state index is 0.690. The Balaban J connectivity index is 2.06. The smallest absolute Gasteiger partial charge is 0.0249 e. The molecule has 0 aromatic carbocycles. The Morgan fingerprint density at radius 1 is 1.11 bits per heavy atom. The van der Waals surface area contributed by atoms with Gasteiger partial charge in [0.2, 0.25) is 0 Å². The Bertz CT molecular complexity index is 252. The Kier molecular flexibility index (Phi) is 6.15. The maximum absolute atomic E-state index is 3.61. The monoisotopic (exact) mass is 266 g/mol. The summed E-state index contributed by atoms with van der Waals surface area (Å²) in [4.78, 5) is 2.91. The standard InChI is InChI=1S/C17H34N2/c1-4-9-15(18-3)16(5-2)19-13-8-11-14-10-6-7-12-17(14)19/h14-18H,4-13H2,1-3H3/t14-,15?,16?,17-/m1/s1. The van der Waals surface area contributed by atoms with Gasteiger partial charge in [-0.25, -0.2) is 0 Å². The quantitative estimate of drug-likeness (QED) is 0.786. The zero-order valence-corrected chi connectivity index (χ0v) is 13.3. The number of piperidine rings is 1. The van der Waals surface area contributed by atoms with Crippen LogP contribution < -0.4 is 5.32 Å². The van der Waals surface area contributed by atoms with Gasteiger partial charge in [0, 0.05) is 18.1 Å². The molecular weight excluding hydrogens is 232 g/mol. The first-order valence-corrected chi connectivity index (χ1v) is 8.74. The van der Waals surface area contributed by atoms with E-state index in [-0.39, 0.29) is 0 Å². The SMILES string of the molecule is CCCC(NC)C(CC)N1CCC[C@H]2CCCC[C@H]21. The molecule has 0 aromatic heterocycles.